The van der Waals surface area contributed by atoms with Crippen molar-refractivity contribution >= 4 is 24.5 Å². The van der Waals surface area contributed by atoms with Gasteiger partial charge in [-0.25, -0.2) is 0 Å². The first-order valence-electron chi connectivity index (χ1n) is 8.43. The molecule has 1 aromatic carbocycles. The molecule has 0 N–H and O–H groups in total. The van der Waals surface area contributed by atoms with Gasteiger partial charge in [0.05, 0.1) is 27.2 Å². The maximum absolute atomic E-state index is 12.5. The van der Waals surface area contributed by atoms with Crippen molar-refractivity contribution in [2.45, 2.75) is 32.0 Å². The molecule has 0 aromatic heterocycles. The standard InChI is InChI=1S/C17H27O7PS/c1-4-22-16(18)15(12-11-14-9-7-6-8-10-14)17(25-19,23-5-2)13-24-26(3,20)21/h6-10,15H,4-5,11-13,25H2,1-3H3. The summed E-state index contributed by atoms with van der Waals surface area (Å²) >= 11 is 0. The van der Waals surface area contributed by atoms with E-state index in [9.17, 15) is 17.8 Å². The van der Waals surface area contributed by atoms with Crippen LogP contribution in [0.25, 0.3) is 0 Å². The zero-order valence-electron chi connectivity index (χ0n) is 15.3. The highest BCUT2D eigenvalue weighted by atomic mass is 32.2. The maximum atomic E-state index is 12.5. The molecule has 3 unspecified atom stereocenters. The summed E-state index contributed by atoms with van der Waals surface area (Å²) in [7, 11) is -5.45. The second-order valence-electron chi connectivity index (χ2n) is 5.80. The average molecular weight is 406 g/mol. The molecule has 148 valence electrons. The Morgan fingerprint density at radius 1 is 1.19 bits per heavy atom. The molecule has 0 saturated carbocycles. The van der Waals surface area contributed by atoms with Crippen molar-refractivity contribution in [2.75, 3.05) is 26.1 Å². The minimum Gasteiger partial charge on any atom is -0.466 e. The van der Waals surface area contributed by atoms with E-state index in [1.807, 2.05) is 30.3 Å². The Labute approximate surface area is 156 Å². The number of carbonyl (C=O) groups excluding carboxylic acids is 1. The number of ether oxygens (including phenoxy) is 2. The summed E-state index contributed by atoms with van der Waals surface area (Å²) in [5, 5.41) is -1.53. The molecule has 0 aliphatic heterocycles. The number of benzene rings is 1. The van der Waals surface area contributed by atoms with Gasteiger partial charge >= 0.3 is 5.97 Å². The summed E-state index contributed by atoms with van der Waals surface area (Å²) in [4.78, 5) is 12.5. The Morgan fingerprint density at radius 3 is 2.35 bits per heavy atom. The fourth-order valence-corrected chi connectivity index (χ4v) is 3.99. The molecule has 0 aliphatic carbocycles. The summed E-state index contributed by atoms with van der Waals surface area (Å²) in [6.07, 6.45) is 1.72. The molecule has 0 aliphatic rings. The summed E-state index contributed by atoms with van der Waals surface area (Å²) in [5.41, 5.74) is 0.997. The molecule has 0 fully saturated rings. The Hall–Kier alpha value is -1.21. The van der Waals surface area contributed by atoms with Crippen LogP contribution in [-0.4, -0.2) is 45.8 Å². The lowest BCUT2D eigenvalue weighted by Gasteiger charge is -2.34. The largest absolute Gasteiger partial charge is 0.466 e. The van der Waals surface area contributed by atoms with Crippen molar-refractivity contribution in [3.8, 4) is 0 Å². The molecular weight excluding hydrogens is 379 g/mol. The van der Waals surface area contributed by atoms with Gasteiger partial charge < -0.3 is 14.0 Å². The molecule has 26 heavy (non-hydrogen) atoms. The van der Waals surface area contributed by atoms with E-state index in [-0.39, 0.29) is 13.2 Å². The predicted molar refractivity (Wildman–Crippen MR) is 100 cm³/mol. The van der Waals surface area contributed by atoms with E-state index >= 15 is 0 Å². The van der Waals surface area contributed by atoms with Crippen molar-refractivity contribution < 1.29 is 31.4 Å². The van der Waals surface area contributed by atoms with Gasteiger partial charge in [-0.15, -0.1) is 0 Å². The van der Waals surface area contributed by atoms with Gasteiger partial charge in [0.2, 0.25) is 0 Å². The lowest BCUT2D eigenvalue weighted by atomic mass is 9.93. The van der Waals surface area contributed by atoms with Crippen LogP contribution in [0.1, 0.15) is 25.8 Å². The van der Waals surface area contributed by atoms with Crippen LogP contribution < -0.4 is 0 Å². The van der Waals surface area contributed by atoms with E-state index in [4.69, 9.17) is 13.7 Å². The first kappa shape index (κ1) is 22.8. The van der Waals surface area contributed by atoms with Crippen molar-refractivity contribution in [1.29, 1.82) is 0 Å². The maximum Gasteiger partial charge on any atom is 0.312 e. The minimum absolute atomic E-state index is 0.156. The molecule has 9 heteroatoms. The van der Waals surface area contributed by atoms with E-state index in [0.29, 0.717) is 12.8 Å². The van der Waals surface area contributed by atoms with E-state index in [2.05, 4.69) is 0 Å². The molecule has 0 radical (unpaired) electrons. The van der Waals surface area contributed by atoms with Crippen LogP contribution in [0.4, 0.5) is 0 Å². The van der Waals surface area contributed by atoms with Gasteiger partial charge in [-0.05, 0) is 32.3 Å². The zero-order chi connectivity index (χ0) is 19.6. The minimum atomic E-state index is -3.78. The van der Waals surface area contributed by atoms with Crippen LogP contribution >= 0.6 is 8.46 Å². The van der Waals surface area contributed by atoms with Gasteiger partial charge in [0.15, 0.2) is 5.34 Å². The first-order chi connectivity index (χ1) is 12.3. The third-order valence-electron chi connectivity index (χ3n) is 3.84. The van der Waals surface area contributed by atoms with E-state index in [1.165, 1.54) is 0 Å². The van der Waals surface area contributed by atoms with Crippen LogP contribution in [0.5, 0.6) is 0 Å². The van der Waals surface area contributed by atoms with Gasteiger partial charge in [-0.1, -0.05) is 30.3 Å². The zero-order valence-corrected chi connectivity index (χ0v) is 17.3. The van der Waals surface area contributed by atoms with Gasteiger partial charge in [0.25, 0.3) is 10.1 Å². The van der Waals surface area contributed by atoms with Gasteiger partial charge in [-0.3, -0.25) is 8.98 Å². The monoisotopic (exact) mass is 406 g/mol. The van der Waals surface area contributed by atoms with Crippen molar-refractivity contribution in [3.05, 3.63) is 35.9 Å². The molecule has 0 heterocycles. The van der Waals surface area contributed by atoms with E-state index in [1.54, 1.807) is 13.8 Å². The number of esters is 1. The highest BCUT2D eigenvalue weighted by molar-refractivity contribution is 7.86. The topological polar surface area (TPSA) is 96.0 Å². The summed E-state index contributed by atoms with van der Waals surface area (Å²) in [5.74, 6) is -1.48. The Balaban J connectivity index is 3.13. The quantitative estimate of drug-likeness (QED) is 0.298. The fraction of sp³-hybridized carbons (Fsp3) is 0.588. The van der Waals surface area contributed by atoms with Crippen LogP contribution in [-0.2, 0) is 39.6 Å². The Morgan fingerprint density at radius 2 is 1.85 bits per heavy atom. The summed E-state index contributed by atoms with van der Waals surface area (Å²) in [6, 6.07) is 9.49. The molecule has 7 nitrogen and oxygen atoms in total. The predicted octanol–water partition coefficient (Wildman–Crippen LogP) is 2.26. The summed E-state index contributed by atoms with van der Waals surface area (Å²) in [6.45, 7) is 3.18. The molecule has 0 amide bonds. The highest BCUT2D eigenvalue weighted by Gasteiger charge is 2.45. The highest BCUT2D eigenvalue weighted by Crippen LogP contribution is 2.38. The molecule has 1 rings (SSSR count). The van der Waals surface area contributed by atoms with Crippen LogP contribution in [0.15, 0.2) is 30.3 Å². The summed E-state index contributed by atoms with van der Waals surface area (Å²) < 4.78 is 50.5. The van der Waals surface area contributed by atoms with Gasteiger partial charge in [-0.2, -0.15) is 8.42 Å². The van der Waals surface area contributed by atoms with Crippen LogP contribution in [0.3, 0.4) is 0 Å². The Kier molecular flexibility index (Phi) is 9.50. The molecule has 0 saturated heterocycles. The third kappa shape index (κ3) is 7.19. The van der Waals surface area contributed by atoms with Gasteiger partial charge in [0.1, 0.15) is 6.61 Å². The van der Waals surface area contributed by atoms with Crippen LogP contribution in [0.2, 0.25) is 0 Å². The van der Waals surface area contributed by atoms with Crippen LogP contribution in [0, 0.1) is 5.92 Å². The third-order valence-corrected chi connectivity index (χ3v) is 5.52. The average Bonchev–Trinajstić information content (AvgIpc) is 2.60. The number of hydrogen-bond acceptors (Lipinski definition) is 7. The van der Waals surface area contributed by atoms with Crippen molar-refractivity contribution in [1.82, 2.24) is 0 Å². The smallest absolute Gasteiger partial charge is 0.312 e. The number of hydrogen-bond donors (Lipinski definition) is 0. The van der Waals surface area contributed by atoms with Crippen molar-refractivity contribution in [3.63, 3.8) is 0 Å². The lowest BCUT2D eigenvalue weighted by Crippen LogP contribution is -2.45. The van der Waals surface area contributed by atoms with E-state index in [0.717, 1.165) is 11.8 Å². The molecule has 1 aromatic rings. The molecule has 0 spiro atoms. The molecule has 3 atom stereocenters. The Bertz CT molecular complexity index is 678. The van der Waals surface area contributed by atoms with E-state index < -0.39 is 42.4 Å². The SMILES string of the molecule is CCOC(=O)C(CCc1ccccc1)C(COS(C)(=O)=O)(OCC)[PH2]=O. The first-order valence-corrected chi connectivity index (χ1v) is 11.3. The second-order valence-corrected chi connectivity index (χ2v) is 8.66. The van der Waals surface area contributed by atoms with Gasteiger partial charge in [0, 0.05) is 6.61 Å². The number of aryl methyl sites for hydroxylation is 1. The normalized spacial score (nSPS) is 15.7. The number of carbonyl (C=O) groups is 1. The molecular formula is C17H27O7PS. The fourth-order valence-electron chi connectivity index (χ4n) is 2.62. The lowest BCUT2D eigenvalue weighted by molar-refractivity contribution is -0.158. The second kappa shape index (κ2) is 10.8. The van der Waals surface area contributed by atoms with Crippen molar-refractivity contribution in [2.24, 2.45) is 5.92 Å². The number of rotatable bonds is 12. The molecule has 0 bridgehead atoms.